The summed E-state index contributed by atoms with van der Waals surface area (Å²) in [5.74, 6) is -0.401. The summed E-state index contributed by atoms with van der Waals surface area (Å²) in [6.45, 7) is 4.41. The first-order valence-corrected chi connectivity index (χ1v) is 9.35. The molecule has 0 aliphatic carbocycles. The fourth-order valence-electron chi connectivity index (χ4n) is 3.63. The zero-order valence-corrected chi connectivity index (χ0v) is 15.7. The van der Waals surface area contributed by atoms with Crippen LogP contribution in [0.3, 0.4) is 0 Å². The minimum atomic E-state index is -0.300. The van der Waals surface area contributed by atoms with Gasteiger partial charge in [0.15, 0.2) is 0 Å². The van der Waals surface area contributed by atoms with Gasteiger partial charge >= 0.3 is 6.03 Å². The molecule has 0 saturated carbocycles. The summed E-state index contributed by atoms with van der Waals surface area (Å²) in [6, 6.07) is 11.5. The largest absolute Gasteiger partial charge is 0.370 e. The predicted molar refractivity (Wildman–Crippen MR) is 103 cm³/mol. The van der Waals surface area contributed by atoms with Gasteiger partial charge in [0.25, 0.3) is 5.91 Å². The van der Waals surface area contributed by atoms with E-state index in [4.69, 9.17) is 4.74 Å². The van der Waals surface area contributed by atoms with Crippen molar-refractivity contribution in [2.75, 3.05) is 37.7 Å². The van der Waals surface area contributed by atoms with E-state index in [1.807, 2.05) is 13.0 Å². The van der Waals surface area contributed by atoms with Crippen molar-refractivity contribution in [3.63, 3.8) is 0 Å². The highest BCUT2D eigenvalue weighted by molar-refractivity contribution is 5.99. The molecule has 2 heterocycles. The van der Waals surface area contributed by atoms with Crippen LogP contribution in [0.5, 0.6) is 0 Å². The standard InChI is InChI=1S/C21H22FN3O3/c1-14-2-3-16(12-18(14)25-9-8-23-21(25)27)20(26)24-10-11-28-19(13-24)15-4-6-17(22)7-5-15/h2-7,12,19H,8-11,13H2,1H3,(H,23,27). The average molecular weight is 383 g/mol. The molecular weight excluding hydrogens is 361 g/mol. The average Bonchev–Trinajstić information content (AvgIpc) is 3.14. The Morgan fingerprint density at radius 3 is 2.68 bits per heavy atom. The van der Waals surface area contributed by atoms with Crippen LogP contribution in [0.25, 0.3) is 0 Å². The third-order valence-electron chi connectivity index (χ3n) is 5.20. The summed E-state index contributed by atoms with van der Waals surface area (Å²) in [5, 5.41) is 2.78. The third kappa shape index (κ3) is 3.57. The van der Waals surface area contributed by atoms with Crippen LogP contribution in [0.15, 0.2) is 42.5 Å². The van der Waals surface area contributed by atoms with Crippen LogP contribution in [0.4, 0.5) is 14.9 Å². The lowest BCUT2D eigenvalue weighted by Crippen LogP contribution is -2.42. The molecule has 2 aromatic rings. The quantitative estimate of drug-likeness (QED) is 0.887. The van der Waals surface area contributed by atoms with Crippen molar-refractivity contribution >= 4 is 17.6 Å². The molecule has 0 spiro atoms. The number of rotatable bonds is 3. The smallest absolute Gasteiger partial charge is 0.322 e. The Morgan fingerprint density at radius 1 is 1.18 bits per heavy atom. The molecule has 1 N–H and O–H groups in total. The van der Waals surface area contributed by atoms with Gasteiger partial charge in [-0.1, -0.05) is 18.2 Å². The Kier molecular flexibility index (Phi) is 5.00. The number of benzene rings is 2. The van der Waals surface area contributed by atoms with Gasteiger partial charge in [0.05, 0.1) is 13.2 Å². The monoisotopic (exact) mass is 383 g/mol. The third-order valence-corrected chi connectivity index (χ3v) is 5.20. The number of morpholine rings is 1. The van der Waals surface area contributed by atoms with Crippen LogP contribution in [-0.4, -0.2) is 49.6 Å². The van der Waals surface area contributed by atoms with Crippen LogP contribution in [0.2, 0.25) is 0 Å². The lowest BCUT2D eigenvalue weighted by atomic mass is 10.1. The number of aryl methyl sites for hydroxylation is 1. The summed E-state index contributed by atoms with van der Waals surface area (Å²) in [7, 11) is 0. The fraction of sp³-hybridized carbons (Fsp3) is 0.333. The highest BCUT2D eigenvalue weighted by Crippen LogP contribution is 2.27. The van der Waals surface area contributed by atoms with Gasteiger partial charge in [0.2, 0.25) is 0 Å². The zero-order chi connectivity index (χ0) is 19.7. The van der Waals surface area contributed by atoms with E-state index in [1.54, 1.807) is 34.1 Å². The van der Waals surface area contributed by atoms with Crippen molar-refractivity contribution in [1.29, 1.82) is 0 Å². The van der Waals surface area contributed by atoms with Crippen LogP contribution in [0.1, 0.15) is 27.6 Å². The number of amides is 3. The van der Waals surface area contributed by atoms with Crippen molar-refractivity contribution in [3.8, 4) is 0 Å². The summed E-state index contributed by atoms with van der Waals surface area (Å²) in [5.41, 5.74) is 3.08. The van der Waals surface area contributed by atoms with Gasteiger partial charge in [-0.15, -0.1) is 0 Å². The van der Waals surface area contributed by atoms with Crippen molar-refractivity contribution < 1.29 is 18.7 Å². The molecule has 0 aromatic heterocycles. The van der Waals surface area contributed by atoms with Crippen LogP contribution >= 0.6 is 0 Å². The molecule has 6 nitrogen and oxygen atoms in total. The molecule has 2 aliphatic rings. The Hall–Kier alpha value is -2.93. The maximum Gasteiger partial charge on any atom is 0.322 e. The first kappa shape index (κ1) is 18.4. The molecule has 1 unspecified atom stereocenters. The van der Waals surface area contributed by atoms with E-state index in [0.717, 1.165) is 16.8 Å². The number of ether oxygens (including phenoxy) is 1. The molecule has 2 aliphatic heterocycles. The van der Waals surface area contributed by atoms with Gasteiger partial charge in [-0.05, 0) is 42.3 Å². The summed E-state index contributed by atoms with van der Waals surface area (Å²) >= 11 is 0. The normalized spacial score (nSPS) is 19.6. The SMILES string of the molecule is Cc1ccc(C(=O)N2CCOC(c3ccc(F)cc3)C2)cc1N1CCNC1=O. The Morgan fingerprint density at radius 2 is 1.96 bits per heavy atom. The Labute approximate surface area is 162 Å². The van der Waals surface area contributed by atoms with Crippen LogP contribution < -0.4 is 10.2 Å². The maximum atomic E-state index is 13.2. The molecule has 28 heavy (non-hydrogen) atoms. The molecule has 2 saturated heterocycles. The predicted octanol–water partition coefficient (Wildman–Crippen LogP) is 2.88. The van der Waals surface area contributed by atoms with Crippen molar-refractivity contribution in [2.24, 2.45) is 0 Å². The molecule has 146 valence electrons. The Bertz CT molecular complexity index is 900. The first-order chi connectivity index (χ1) is 13.5. The van der Waals surface area contributed by atoms with E-state index >= 15 is 0 Å². The molecular formula is C21H22FN3O3. The van der Waals surface area contributed by atoms with Gasteiger partial charge in [0, 0.05) is 30.9 Å². The van der Waals surface area contributed by atoms with Crippen LogP contribution in [0, 0.1) is 12.7 Å². The minimum absolute atomic E-state index is 0.101. The number of carbonyl (C=O) groups excluding carboxylic acids is 2. The summed E-state index contributed by atoms with van der Waals surface area (Å²) in [4.78, 5) is 28.5. The number of nitrogens with one attached hydrogen (secondary N) is 1. The van der Waals surface area contributed by atoms with Gasteiger partial charge in [-0.2, -0.15) is 0 Å². The highest BCUT2D eigenvalue weighted by atomic mass is 19.1. The second-order valence-electron chi connectivity index (χ2n) is 7.05. The summed E-state index contributed by atoms with van der Waals surface area (Å²) < 4.78 is 18.9. The molecule has 2 fully saturated rings. The number of halogens is 1. The molecule has 2 aromatic carbocycles. The molecule has 1 atom stereocenters. The van der Waals surface area contributed by atoms with Crippen molar-refractivity contribution in [3.05, 3.63) is 65.0 Å². The second kappa shape index (κ2) is 7.59. The number of urea groups is 1. The topological polar surface area (TPSA) is 61.9 Å². The van der Waals surface area contributed by atoms with Crippen molar-refractivity contribution in [2.45, 2.75) is 13.0 Å². The van der Waals surface area contributed by atoms with Crippen LogP contribution in [-0.2, 0) is 4.74 Å². The number of hydrogen-bond acceptors (Lipinski definition) is 3. The van der Waals surface area contributed by atoms with E-state index < -0.39 is 0 Å². The number of hydrogen-bond donors (Lipinski definition) is 1. The lowest BCUT2D eigenvalue weighted by molar-refractivity contribution is -0.0228. The highest BCUT2D eigenvalue weighted by Gasteiger charge is 2.28. The van der Waals surface area contributed by atoms with E-state index in [0.29, 0.717) is 38.3 Å². The van der Waals surface area contributed by atoms with E-state index in [2.05, 4.69) is 5.32 Å². The van der Waals surface area contributed by atoms with E-state index in [1.165, 1.54) is 12.1 Å². The lowest BCUT2D eigenvalue weighted by Gasteiger charge is -2.33. The summed E-state index contributed by atoms with van der Waals surface area (Å²) in [6.07, 6.45) is -0.285. The molecule has 7 heteroatoms. The van der Waals surface area contributed by atoms with E-state index in [9.17, 15) is 14.0 Å². The van der Waals surface area contributed by atoms with Gasteiger partial charge in [0.1, 0.15) is 11.9 Å². The van der Waals surface area contributed by atoms with Crippen molar-refractivity contribution in [1.82, 2.24) is 10.2 Å². The molecule has 0 bridgehead atoms. The number of anilines is 1. The van der Waals surface area contributed by atoms with E-state index in [-0.39, 0.29) is 23.9 Å². The number of nitrogens with zero attached hydrogens (tertiary/aromatic N) is 2. The number of carbonyl (C=O) groups is 2. The molecule has 0 radical (unpaired) electrons. The zero-order valence-electron chi connectivity index (χ0n) is 15.7. The van der Waals surface area contributed by atoms with Gasteiger partial charge in [-0.25, -0.2) is 9.18 Å². The second-order valence-corrected chi connectivity index (χ2v) is 7.05. The Balaban J connectivity index is 1.54. The fourth-order valence-corrected chi connectivity index (χ4v) is 3.63. The first-order valence-electron chi connectivity index (χ1n) is 9.35. The maximum absolute atomic E-state index is 13.2. The van der Waals surface area contributed by atoms with Gasteiger partial charge < -0.3 is 15.0 Å². The molecule has 4 rings (SSSR count). The minimum Gasteiger partial charge on any atom is -0.370 e. The molecule has 3 amide bonds. The van der Waals surface area contributed by atoms with Gasteiger partial charge in [-0.3, -0.25) is 9.69 Å².